The second-order valence-corrected chi connectivity index (χ2v) is 8.12. The Hall–Kier alpha value is -2.64. The van der Waals surface area contributed by atoms with E-state index in [1.165, 1.54) is 11.8 Å². The molecule has 1 heterocycles. The first kappa shape index (κ1) is 17.8. The lowest BCUT2D eigenvalue weighted by molar-refractivity contribution is -0.124. The van der Waals surface area contributed by atoms with Crippen LogP contribution < -0.4 is 0 Å². The number of hydrogen-bond donors (Lipinski definition) is 0. The van der Waals surface area contributed by atoms with Crippen LogP contribution in [0.4, 0.5) is 0 Å². The van der Waals surface area contributed by atoms with Crippen molar-refractivity contribution in [3.05, 3.63) is 60.3 Å². The van der Waals surface area contributed by atoms with Crippen molar-refractivity contribution in [1.82, 2.24) is 4.98 Å². The molecular formula is C23H20N2OS. The van der Waals surface area contributed by atoms with Crippen LogP contribution in [0.1, 0.15) is 38.2 Å². The summed E-state index contributed by atoms with van der Waals surface area (Å²) < 4.78 is 0. The molecule has 0 radical (unpaired) electrons. The van der Waals surface area contributed by atoms with Gasteiger partial charge < -0.3 is 0 Å². The Morgan fingerprint density at radius 1 is 1.15 bits per heavy atom. The quantitative estimate of drug-likeness (QED) is 0.529. The predicted octanol–water partition coefficient (Wildman–Crippen LogP) is 5.97. The number of benzene rings is 2. The number of hydrogen-bond acceptors (Lipinski definition) is 4. The van der Waals surface area contributed by atoms with Crippen LogP contribution in [-0.2, 0) is 4.79 Å². The van der Waals surface area contributed by atoms with Crippen LogP contribution in [0.5, 0.6) is 0 Å². The maximum atomic E-state index is 12.9. The minimum atomic E-state index is -0.134. The van der Waals surface area contributed by atoms with E-state index in [2.05, 4.69) is 24.0 Å². The molecule has 0 amide bonds. The second-order valence-electron chi connectivity index (χ2n) is 7.11. The Morgan fingerprint density at radius 2 is 1.89 bits per heavy atom. The molecule has 0 spiro atoms. The van der Waals surface area contributed by atoms with Gasteiger partial charge >= 0.3 is 0 Å². The maximum absolute atomic E-state index is 12.9. The maximum Gasteiger partial charge on any atom is 0.199 e. The van der Waals surface area contributed by atoms with Gasteiger partial charge in [0.25, 0.3) is 0 Å². The van der Waals surface area contributed by atoms with Crippen LogP contribution >= 0.6 is 11.8 Å². The third-order valence-electron chi connectivity index (χ3n) is 5.67. The first-order valence-corrected chi connectivity index (χ1v) is 10.1. The van der Waals surface area contributed by atoms with Gasteiger partial charge in [-0.3, -0.25) is 9.78 Å². The highest BCUT2D eigenvalue weighted by Gasteiger charge is 2.42. The Labute approximate surface area is 163 Å². The number of aromatic nitrogens is 1. The first-order chi connectivity index (χ1) is 13.1. The number of thioether (sulfide) groups is 1. The lowest BCUT2D eigenvalue weighted by Gasteiger charge is -2.39. The highest BCUT2D eigenvalue weighted by molar-refractivity contribution is 8.14. The smallest absolute Gasteiger partial charge is 0.199 e. The van der Waals surface area contributed by atoms with Crippen molar-refractivity contribution in [3.8, 4) is 17.2 Å². The van der Waals surface area contributed by atoms with Gasteiger partial charge in [0.1, 0.15) is 0 Å². The Kier molecular flexibility index (Phi) is 4.72. The average Bonchev–Trinajstić information content (AvgIpc) is 2.67. The summed E-state index contributed by atoms with van der Waals surface area (Å²) in [7, 11) is 0. The van der Waals surface area contributed by atoms with Crippen molar-refractivity contribution in [2.24, 2.45) is 5.41 Å². The van der Waals surface area contributed by atoms with E-state index in [9.17, 15) is 4.79 Å². The number of fused-ring (bicyclic) bond motifs is 1. The molecule has 0 atom stereocenters. The second kappa shape index (κ2) is 7.17. The summed E-state index contributed by atoms with van der Waals surface area (Å²) in [6.07, 6.45) is 5.86. The molecule has 1 saturated carbocycles. The van der Waals surface area contributed by atoms with Gasteiger partial charge in [-0.25, -0.2) is 0 Å². The van der Waals surface area contributed by atoms with Gasteiger partial charge in [-0.2, -0.15) is 5.26 Å². The monoisotopic (exact) mass is 372 g/mol. The Balaban J connectivity index is 1.71. The zero-order chi connectivity index (χ0) is 18.9. The van der Waals surface area contributed by atoms with Gasteiger partial charge in [0.15, 0.2) is 5.12 Å². The van der Waals surface area contributed by atoms with E-state index in [4.69, 9.17) is 5.26 Å². The van der Waals surface area contributed by atoms with Crippen LogP contribution in [0.2, 0.25) is 0 Å². The summed E-state index contributed by atoms with van der Waals surface area (Å²) >= 11 is 1.37. The van der Waals surface area contributed by atoms with Crippen molar-refractivity contribution in [3.63, 3.8) is 0 Å². The van der Waals surface area contributed by atoms with Crippen molar-refractivity contribution in [2.75, 3.05) is 0 Å². The SMILES string of the molecule is CCC1(C(=O)Sc2ccnc3ccc(-c4ccc(C#N)cc4)cc23)CCC1. The minimum Gasteiger partial charge on any atom is -0.286 e. The summed E-state index contributed by atoms with van der Waals surface area (Å²) in [6.45, 7) is 2.12. The van der Waals surface area contributed by atoms with E-state index in [1.807, 2.05) is 42.5 Å². The number of carbonyl (C=O) groups excluding carboxylic acids is 1. The third-order valence-corrected chi connectivity index (χ3v) is 6.87. The van der Waals surface area contributed by atoms with Crippen molar-refractivity contribution in [2.45, 2.75) is 37.5 Å². The summed E-state index contributed by atoms with van der Waals surface area (Å²) in [5.41, 5.74) is 3.51. The molecule has 0 aliphatic heterocycles. The molecule has 1 aliphatic rings. The van der Waals surface area contributed by atoms with Gasteiger partial charge in [0.05, 0.1) is 17.1 Å². The van der Waals surface area contributed by atoms with Crippen molar-refractivity contribution >= 4 is 27.8 Å². The topological polar surface area (TPSA) is 53.8 Å². The van der Waals surface area contributed by atoms with Gasteiger partial charge in [-0.15, -0.1) is 0 Å². The molecule has 3 aromatic rings. The van der Waals surface area contributed by atoms with E-state index in [-0.39, 0.29) is 10.5 Å². The van der Waals surface area contributed by atoms with E-state index < -0.39 is 0 Å². The fourth-order valence-electron chi connectivity index (χ4n) is 3.64. The lowest BCUT2D eigenvalue weighted by atomic mass is 9.68. The zero-order valence-electron chi connectivity index (χ0n) is 15.2. The number of nitrogens with zero attached hydrogens (tertiary/aromatic N) is 2. The number of rotatable bonds is 4. The third kappa shape index (κ3) is 3.24. The highest BCUT2D eigenvalue weighted by atomic mass is 32.2. The molecule has 4 heteroatoms. The molecular weight excluding hydrogens is 352 g/mol. The van der Waals surface area contributed by atoms with E-state index in [1.54, 1.807) is 6.20 Å². The van der Waals surface area contributed by atoms with Crippen LogP contribution in [-0.4, -0.2) is 10.1 Å². The fourth-order valence-corrected chi connectivity index (χ4v) is 4.81. The van der Waals surface area contributed by atoms with Crippen molar-refractivity contribution in [1.29, 1.82) is 5.26 Å². The highest BCUT2D eigenvalue weighted by Crippen LogP contribution is 2.49. The Bertz CT molecular complexity index is 1040. The molecule has 4 rings (SSSR count). The molecule has 1 aromatic heterocycles. The predicted molar refractivity (Wildman–Crippen MR) is 109 cm³/mol. The number of pyridine rings is 1. The van der Waals surface area contributed by atoms with Crippen LogP contribution in [0.25, 0.3) is 22.0 Å². The molecule has 0 N–H and O–H groups in total. The summed E-state index contributed by atoms with van der Waals surface area (Å²) in [5, 5.41) is 10.3. The van der Waals surface area contributed by atoms with E-state index in [0.29, 0.717) is 5.56 Å². The molecule has 0 bridgehead atoms. The molecule has 1 fully saturated rings. The van der Waals surface area contributed by atoms with Gasteiger partial charge in [0.2, 0.25) is 0 Å². The van der Waals surface area contributed by atoms with Crippen molar-refractivity contribution < 1.29 is 4.79 Å². The van der Waals surface area contributed by atoms with Crippen LogP contribution in [0.3, 0.4) is 0 Å². The first-order valence-electron chi connectivity index (χ1n) is 9.27. The van der Waals surface area contributed by atoms with Gasteiger partial charge in [-0.1, -0.05) is 43.3 Å². The zero-order valence-corrected chi connectivity index (χ0v) is 16.1. The standard InChI is InChI=1S/C23H20N2OS/c1-2-23(11-3-12-23)22(26)27-21-10-13-25-20-9-8-18(14-19(20)21)17-6-4-16(15-24)5-7-17/h4-10,13-14H,2-3,11-12H2,1H3. The van der Waals surface area contributed by atoms with E-state index in [0.717, 1.165) is 52.6 Å². The molecule has 1 aliphatic carbocycles. The molecule has 0 unspecified atom stereocenters. The summed E-state index contributed by atoms with van der Waals surface area (Å²) in [5.74, 6) is 0. The van der Waals surface area contributed by atoms with Gasteiger partial charge in [-0.05, 0) is 60.7 Å². The normalized spacial score (nSPS) is 15.1. The number of nitriles is 1. The summed E-state index contributed by atoms with van der Waals surface area (Å²) in [6, 6.07) is 17.8. The summed E-state index contributed by atoms with van der Waals surface area (Å²) in [4.78, 5) is 18.4. The number of carbonyl (C=O) groups is 1. The molecule has 2 aromatic carbocycles. The molecule has 134 valence electrons. The Morgan fingerprint density at radius 3 is 2.52 bits per heavy atom. The van der Waals surface area contributed by atoms with Crippen LogP contribution in [0, 0.1) is 16.7 Å². The molecule has 0 saturated heterocycles. The largest absolute Gasteiger partial charge is 0.286 e. The van der Waals surface area contributed by atoms with Crippen LogP contribution in [0.15, 0.2) is 59.6 Å². The van der Waals surface area contributed by atoms with E-state index >= 15 is 0 Å². The minimum absolute atomic E-state index is 0.134. The fraction of sp³-hybridized carbons (Fsp3) is 0.261. The van der Waals surface area contributed by atoms with Gasteiger partial charge in [0, 0.05) is 21.9 Å². The molecule has 3 nitrogen and oxygen atoms in total. The molecule has 27 heavy (non-hydrogen) atoms. The average molecular weight is 372 g/mol. The lowest BCUT2D eigenvalue weighted by Crippen LogP contribution is -2.35.